The van der Waals surface area contributed by atoms with Gasteiger partial charge in [0.1, 0.15) is 11.9 Å². The number of rotatable bonds is 8. The van der Waals surface area contributed by atoms with Gasteiger partial charge in [-0.3, -0.25) is 9.59 Å². The van der Waals surface area contributed by atoms with Gasteiger partial charge in [0.05, 0.1) is 37.7 Å². The van der Waals surface area contributed by atoms with Crippen LogP contribution in [0.5, 0.6) is 5.75 Å². The number of halogens is 3. The summed E-state index contributed by atoms with van der Waals surface area (Å²) in [5.41, 5.74) is 1.30. The number of alkyl halides is 3. The number of anilines is 2. The van der Waals surface area contributed by atoms with Crippen LogP contribution >= 0.6 is 0 Å². The van der Waals surface area contributed by atoms with E-state index in [1.165, 1.54) is 17.0 Å². The van der Waals surface area contributed by atoms with Crippen LogP contribution in [0.3, 0.4) is 0 Å². The number of benzene rings is 3. The average molecular weight is 615 g/mol. The molecule has 1 aliphatic heterocycles. The maximum absolute atomic E-state index is 13.4. The molecule has 3 N–H and O–H groups in total. The number of amides is 4. The van der Waals surface area contributed by atoms with E-state index in [4.69, 9.17) is 4.74 Å². The summed E-state index contributed by atoms with van der Waals surface area (Å²) in [5.74, 6) is -1.01. The van der Waals surface area contributed by atoms with Crippen molar-refractivity contribution in [2.24, 2.45) is 5.92 Å². The molecule has 3 aromatic rings. The normalized spacial score (nSPS) is 17.9. The highest BCUT2D eigenvalue weighted by atomic mass is 19.4. The van der Waals surface area contributed by atoms with Gasteiger partial charge in [-0.15, -0.1) is 0 Å². The number of urea groups is 1. The molecule has 0 saturated heterocycles. The van der Waals surface area contributed by atoms with E-state index >= 15 is 0 Å². The smallest absolute Gasteiger partial charge is 0.389 e. The summed E-state index contributed by atoms with van der Waals surface area (Å²) >= 11 is 0. The van der Waals surface area contributed by atoms with Crippen LogP contribution in [0.2, 0.25) is 0 Å². The molecule has 1 aliphatic rings. The van der Waals surface area contributed by atoms with E-state index in [1.54, 1.807) is 24.9 Å². The number of fused-ring (bicyclic) bond motifs is 2. The van der Waals surface area contributed by atoms with Crippen molar-refractivity contribution in [1.82, 2.24) is 9.80 Å². The lowest BCUT2D eigenvalue weighted by molar-refractivity contribution is -0.142. The Bertz CT molecular complexity index is 1490. The molecule has 44 heavy (non-hydrogen) atoms. The Kier molecular flexibility index (Phi) is 10.4. The second-order valence-corrected chi connectivity index (χ2v) is 11.2. The first-order valence-corrected chi connectivity index (χ1v) is 14.4. The number of aliphatic hydroxyl groups excluding tert-OH is 1. The van der Waals surface area contributed by atoms with Crippen LogP contribution in [-0.2, 0) is 16.0 Å². The highest BCUT2D eigenvalue weighted by molar-refractivity contribution is 6.01. The summed E-state index contributed by atoms with van der Waals surface area (Å²) in [6, 6.07) is 17.0. The van der Waals surface area contributed by atoms with E-state index in [1.807, 2.05) is 49.4 Å². The van der Waals surface area contributed by atoms with Crippen molar-refractivity contribution in [3.8, 4) is 5.75 Å². The quantitative estimate of drug-likeness (QED) is 0.313. The van der Waals surface area contributed by atoms with Gasteiger partial charge in [-0.1, -0.05) is 43.3 Å². The van der Waals surface area contributed by atoms with Gasteiger partial charge in [-0.2, -0.15) is 13.2 Å². The van der Waals surface area contributed by atoms with E-state index in [0.29, 0.717) is 17.0 Å². The summed E-state index contributed by atoms with van der Waals surface area (Å²) in [4.78, 5) is 41.9. The predicted octanol–water partition coefficient (Wildman–Crippen LogP) is 5.43. The molecular formula is C32H37F3N4O5. The van der Waals surface area contributed by atoms with Crippen molar-refractivity contribution in [3.05, 3.63) is 66.2 Å². The zero-order valence-electron chi connectivity index (χ0n) is 24.9. The van der Waals surface area contributed by atoms with E-state index in [9.17, 15) is 32.7 Å². The van der Waals surface area contributed by atoms with Crippen LogP contribution in [0.25, 0.3) is 10.8 Å². The summed E-state index contributed by atoms with van der Waals surface area (Å²) < 4.78 is 44.1. The Morgan fingerprint density at radius 3 is 2.57 bits per heavy atom. The Labute approximate surface area is 254 Å². The van der Waals surface area contributed by atoms with Crippen LogP contribution in [0.1, 0.15) is 32.3 Å². The fourth-order valence-electron chi connectivity index (χ4n) is 5.10. The maximum Gasteiger partial charge on any atom is 0.389 e. The molecule has 0 aliphatic carbocycles. The molecule has 0 saturated carbocycles. The van der Waals surface area contributed by atoms with Crippen molar-refractivity contribution >= 4 is 40.0 Å². The number of carbonyl (C=O) groups excluding carboxylic acids is 3. The Balaban J connectivity index is 1.56. The van der Waals surface area contributed by atoms with Crippen LogP contribution in [0.4, 0.5) is 29.3 Å². The van der Waals surface area contributed by atoms with Gasteiger partial charge in [-0.25, -0.2) is 4.79 Å². The van der Waals surface area contributed by atoms with Gasteiger partial charge in [0.25, 0.3) is 0 Å². The standard InChI is InChI=1S/C32H37F3N4O5/c1-20-17-39(21(2)19-40)30(42)16-23-15-24(36-29(41)13-14-32(33,34)35)11-12-27(23)44-28(20)18-38(3)31(43)37-26-10-6-8-22-7-4-5-9-25(22)26/h4-12,15,20-21,28,40H,13-14,16-19H2,1-3H3,(H,36,41)(H,37,43)/t20-,21+,28-/m0/s1. The third-order valence-corrected chi connectivity index (χ3v) is 7.67. The summed E-state index contributed by atoms with van der Waals surface area (Å²) in [6.45, 7) is 3.76. The van der Waals surface area contributed by atoms with E-state index in [0.717, 1.165) is 10.8 Å². The highest BCUT2D eigenvalue weighted by Gasteiger charge is 2.32. The molecule has 0 unspecified atom stereocenters. The van der Waals surface area contributed by atoms with Gasteiger partial charge in [0, 0.05) is 42.6 Å². The lowest BCUT2D eigenvalue weighted by atomic mass is 10.0. The second-order valence-electron chi connectivity index (χ2n) is 11.2. The van der Waals surface area contributed by atoms with Gasteiger partial charge in [0.2, 0.25) is 11.8 Å². The predicted molar refractivity (Wildman–Crippen MR) is 162 cm³/mol. The Morgan fingerprint density at radius 1 is 1.11 bits per heavy atom. The highest BCUT2D eigenvalue weighted by Crippen LogP contribution is 2.30. The summed E-state index contributed by atoms with van der Waals surface area (Å²) in [5, 5.41) is 17.2. The van der Waals surface area contributed by atoms with Crippen molar-refractivity contribution < 1.29 is 37.4 Å². The zero-order chi connectivity index (χ0) is 32.0. The fraction of sp³-hybridized carbons (Fsp3) is 0.406. The minimum Gasteiger partial charge on any atom is -0.488 e. The van der Waals surface area contributed by atoms with Crippen molar-refractivity contribution in [3.63, 3.8) is 0 Å². The van der Waals surface area contributed by atoms with E-state index < -0.39 is 37.1 Å². The van der Waals surface area contributed by atoms with Crippen LogP contribution in [0, 0.1) is 5.92 Å². The number of nitrogens with zero attached hydrogens (tertiary/aromatic N) is 2. The van der Waals surface area contributed by atoms with Crippen molar-refractivity contribution in [1.29, 1.82) is 0 Å². The number of aliphatic hydroxyl groups is 1. The molecule has 0 radical (unpaired) electrons. The SMILES string of the molecule is C[C@H](CO)N1C[C@H](C)[C@H](CN(C)C(=O)Nc2cccc3ccccc23)Oc2ccc(NC(=O)CCC(F)(F)F)cc2CC1=O. The van der Waals surface area contributed by atoms with Gasteiger partial charge >= 0.3 is 12.2 Å². The topological polar surface area (TPSA) is 111 Å². The summed E-state index contributed by atoms with van der Waals surface area (Å²) in [6.07, 6.45) is -7.14. The second kappa shape index (κ2) is 14.0. The van der Waals surface area contributed by atoms with Gasteiger partial charge in [0.15, 0.2) is 0 Å². The van der Waals surface area contributed by atoms with Crippen LogP contribution in [-0.4, -0.2) is 77.8 Å². The van der Waals surface area contributed by atoms with Gasteiger partial charge < -0.3 is 30.3 Å². The molecule has 9 nitrogen and oxygen atoms in total. The fourth-order valence-corrected chi connectivity index (χ4v) is 5.10. The Hall–Kier alpha value is -4.32. The molecule has 0 bridgehead atoms. The lowest BCUT2D eigenvalue weighted by Crippen LogP contribution is -2.48. The third kappa shape index (κ3) is 8.40. The number of likely N-dealkylation sites (N-methyl/N-ethyl adjacent to an activating group) is 1. The number of hydrogen-bond donors (Lipinski definition) is 3. The number of nitrogens with one attached hydrogen (secondary N) is 2. The molecule has 1 heterocycles. The maximum atomic E-state index is 13.4. The minimum absolute atomic E-state index is 0.122. The monoisotopic (exact) mass is 614 g/mol. The third-order valence-electron chi connectivity index (χ3n) is 7.67. The van der Waals surface area contributed by atoms with E-state index in [-0.39, 0.29) is 49.7 Å². The van der Waals surface area contributed by atoms with Crippen LogP contribution < -0.4 is 15.4 Å². The minimum atomic E-state index is -4.46. The van der Waals surface area contributed by atoms with Crippen molar-refractivity contribution in [2.75, 3.05) is 37.4 Å². The molecule has 3 aromatic carbocycles. The zero-order valence-corrected chi connectivity index (χ0v) is 24.9. The molecule has 4 amide bonds. The van der Waals surface area contributed by atoms with Crippen molar-refractivity contribution in [2.45, 2.75) is 51.4 Å². The molecule has 3 atom stereocenters. The summed E-state index contributed by atoms with van der Waals surface area (Å²) in [7, 11) is 1.64. The number of hydrogen-bond acceptors (Lipinski definition) is 5. The Morgan fingerprint density at radius 2 is 1.84 bits per heavy atom. The largest absolute Gasteiger partial charge is 0.488 e. The first-order chi connectivity index (χ1) is 20.8. The molecule has 0 aromatic heterocycles. The molecule has 12 heteroatoms. The number of ether oxygens (including phenoxy) is 1. The first kappa shape index (κ1) is 32.6. The molecule has 236 valence electrons. The molecule has 4 rings (SSSR count). The van der Waals surface area contributed by atoms with Gasteiger partial charge in [-0.05, 0) is 36.6 Å². The van der Waals surface area contributed by atoms with Crippen LogP contribution in [0.15, 0.2) is 60.7 Å². The first-order valence-electron chi connectivity index (χ1n) is 14.4. The molecular weight excluding hydrogens is 577 g/mol. The molecule has 0 spiro atoms. The molecule has 0 fully saturated rings. The lowest BCUT2D eigenvalue weighted by Gasteiger charge is -2.34. The number of carbonyl (C=O) groups is 3. The average Bonchev–Trinajstić information content (AvgIpc) is 3.02. The van der Waals surface area contributed by atoms with E-state index in [2.05, 4.69) is 10.6 Å².